The minimum absolute atomic E-state index is 0. The number of H-pyrrole nitrogens is 1. The van der Waals surface area contributed by atoms with Crippen LogP contribution in [0.4, 0.5) is 0 Å². The van der Waals surface area contributed by atoms with Crippen LogP contribution in [0, 0.1) is 0 Å². The van der Waals surface area contributed by atoms with Gasteiger partial charge in [0.25, 0.3) is 5.91 Å². The van der Waals surface area contributed by atoms with Crippen molar-refractivity contribution in [3.05, 3.63) is 46.8 Å². The van der Waals surface area contributed by atoms with Gasteiger partial charge >= 0.3 is 0 Å². The van der Waals surface area contributed by atoms with Crippen molar-refractivity contribution in [2.45, 2.75) is 31.3 Å². The zero-order chi connectivity index (χ0) is 17.9. The number of sulfonamides is 1. The molecule has 0 radical (unpaired) electrons. The second-order valence-electron chi connectivity index (χ2n) is 5.78. The summed E-state index contributed by atoms with van der Waals surface area (Å²) < 4.78 is 26.2. The maximum Gasteiger partial charge on any atom is 0.272 e. The molecule has 0 saturated carbocycles. The first-order valence-corrected chi connectivity index (χ1v) is 9.63. The minimum Gasteiger partial charge on any atom is -0.347 e. The Hall–Kier alpha value is -1.94. The second kappa shape index (κ2) is 8.63. The summed E-state index contributed by atoms with van der Waals surface area (Å²) in [6.07, 6.45) is 0.831. The molecular weight excluding hydrogens is 378 g/mol. The number of aromatic amines is 1. The van der Waals surface area contributed by atoms with Gasteiger partial charge in [-0.15, -0.1) is 12.4 Å². The largest absolute Gasteiger partial charge is 0.347 e. The summed E-state index contributed by atoms with van der Waals surface area (Å²) in [7, 11) is -3.46. The smallest absolute Gasteiger partial charge is 0.272 e. The fraction of sp³-hybridized carbons (Fsp3) is 0.375. The number of benzene rings is 1. The van der Waals surface area contributed by atoms with Gasteiger partial charge in [0.1, 0.15) is 0 Å². The minimum atomic E-state index is -3.46. The van der Waals surface area contributed by atoms with Crippen molar-refractivity contribution < 1.29 is 13.2 Å². The molecule has 3 rings (SSSR count). The molecule has 4 N–H and O–H groups in total. The topological polar surface area (TPSA) is 116 Å². The lowest BCUT2D eigenvalue weighted by molar-refractivity contribution is 0.0944. The van der Waals surface area contributed by atoms with Crippen molar-refractivity contribution in [2.75, 3.05) is 13.1 Å². The molecule has 1 aromatic heterocycles. The van der Waals surface area contributed by atoms with Gasteiger partial charge < -0.3 is 10.6 Å². The van der Waals surface area contributed by atoms with Gasteiger partial charge in [-0.1, -0.05) is 19.1 Å². The maximum atomic E-state index is 12.3. The number of carbonyl (C=O) groups excluding carboxylic acids is 1. The third-order valence-corrected chi connectivity index (χ3v) is 5.60. The van der Waals surface area contributed by atoms with Crippen LogP contribution in [0.15, 0.2) is 29.2 Å². The Morgan fingerprint density at radius 3 is 2.69 bits per heavy atom. The van der Waals surface area contributed by atoms with Crippen LogP contribution in [0.25, 0.3) is 0 Å². The average molecular weight is 400 g/mol. The Labute approximate surface area is 158 Å². The molecule has 8 nitrogen and oxygen atoms in total. The highest BCUT2D eigenvalue weighted by Crippen LogP contribution is 2.15. The van der Waals surface area contributed by atoms with E-state index in [1.54, 1.807) is 19.1 Å². The summed E-state index contributed by atoms with van der Waals surface area (Å²) in [5, 5.41) is 13.1. The Morgan fingerprint density at radius 1 is 1.27 bits per heavy atom. The van der Waals surface area contributed by atoms with Crippen LogP contribution >= 0.6 is 12.4 Å². The third-order valence-electron chi connectivity index (χ3n) is 4.04. The zero-order valence-corrected chi connectivity index (χ0v) is 16.0. The van der Waals surface area contributed by atoms with Crippen LogP contribution in [0.5, 0.6) is 0 Å². The van der Waals surface area contributed by atoms with E-state index in [9.17, 15) is 13.2 Å². The zero-order valence-electron chi connectivity index (χ0n) is 14.3. The van der Waals surface area contributed by atoms with E-state index in [1.165, 1.54) is 12.1 Å². The van der Waals surface area contributed by atoms with Gasteiger partial charge in [0.2, 0.25) is 10.0 Å². The lowest BCUT2D eigenvalue weighted by Gasteiger charge is -2.13. The monoisotopic (exact) mass is 399 g/mol. The van der Waals surface area contributed by atoms with Crippen LogP contribution in [-0.4, -0.2) is 37.6 Å². The number of hydrogen-bond acceptors (Lipinski definition) is 5. The molecule has 0 saturated heterocycles. The van der Waals surface area contributed by atoms with Crippen LogP contribution < -0.4 is 15.4 Å². The van der Waals surface area contributed by atoms with Crippen molar-refractivity contribution >= 4 is 28.3 Å². The molecule has 142 valence electrons. The molecule has 10 heteroatoms. The van der Waals surface area contributed by atoms with Crippen molar-refractivity contribution in [2.24, 2.45) is 0 Å². The highest BCUT2D eigenvalue weighted by atomic mass is 35.5. The molecule has 1 amide bonds. The lowest BCUT2D eigenvalue weighted by Crippen LogP contribution is -2.28. The van der Waals surface area contributed by atoms with Crippen molar-refractivity contribution in [1.82, 2.24) is 25.6 Å². The van der Waals surface area contributed by atoms with E-state index >= 15 is 0 Å². The molecular formula is C16H22ClN5O3S. The van der Waals surface area contributed by atoms with Crippen molar-refractivity contribution in [3.8, 4) is 0 Å². The molecule has 0 spiro atoms. The molecule has 26 heavy (non-hydrogen) atoms. The lowest BCUT2D eigenvalue weighted by atomic mass is 10.1. The summed E-state index contributed by atoms with van der Waals surface area (Å²) in [4.78, 5) is 12.5. The predicted octanol–water partition coefficient (Wildman–Crippen LogP) is 0.705. The Balaban J connectivity index is 0.00000243. The van der Waals surface area contributed by atoms with Gasteiger partial charge in [0.05, 0.1) is 4.90 Å². The quantitative estimate of drug-likeness (QED) is 0.570. The molecule has 0 atom stereocenters. The normalized spacial score (nSPS) is 13.6. The molecule has 2 aromatic rings. The highest BCUT2D eigenvalue weighted by Gasteiger charge is 2.21. The third kappa shape index (κ3) is 4.42. The fourth-order valence-corrected chi connectivity index (χ4v) is 3.78. The standard InChI is InChI=1S/C16H21N5O3S.ClH/c1-2-19-25(23,24)12-5-3-11(4-6-12)9-18-16(22)15-13-10-17-8-7-14(13)20-21-15;/h3-6,17,19H,2,7-10H2,1H3,(H,18,22)(H,20,21);1H. The summed E-state index contributed by atoms with van der Waals surface area (Å²) in [5.74, 6) is -0.245. The van der Waals surface area contributed by atoms with E-state index in [2.05, 4.69) is 25.6 Å². The molecule has 1 aromatic carbocycles. The van der Waals surface area contributed by atoms with E-state index in [4.69, 9.17) is 0 Å². The van der Waals surface area contributed by atoms with E-state index in [0.717, 1.165) is 29.8 Å². The SMILES string of the molecule is CCNS(=O)(=O)c1ccc(CNC(=O)c2n[nH]c3c2CNCC3)cc1.Cl. The number of nitrogens with zero attached hydrogens (tertiary/aromatic N) is 1. The predicted molar refractivity (Wildman–Crippen MR) is 99.7 cm³/mol. The van der Waals surface area contributed by atoms with Crippen LogP contribution in [0.2, 0.25) is 0 Å². The number of fused-ring (bicyclic) bond motifs is 1. The molecule has 2 heterocycles. The number of halogens is 1. The van der Waals surface area contributed by atoms with E-state index < -0.39 is 10.0 Å². The number of carbonyl (C=O) groups is 1. The number of hydrogen-bond donors (Lipinski definition) is 4. The average Bonchev–Trinajstić information content (AvgIpc) is 3.04. The summed E-state index contributed by atoms with van der Waals surface area (Å²) in [5.41, 5.74) is 3.14. The van der Waals surface area contributed by atoms with Gasteiger partial charge in [0.15, 0.2) is 5.69 Å². The van der Waals surface area contributed by atoms with E-state index in [-0.39, 0.29) is 23.2 Å². The second-order valence-corrected chi connectivity index (χ2v) is 7.55. The van der Waals surface area contributed by atoms with Gasteiger partial charge in [-0.2, -0.15) is 5.10 Å². The molecule has 0 unspecified atom stereocenters. The molecule has 1 aliphatic rings. The summed E-state index contributed by atoms with van der Waals surface area (Å²) in [6, 6.07) is 6.43. The van der Waals surface area contributed by atoms with E-state index in [1.807, 2.05) is 0 Å². The Bertz CT molecular complexity index is 865. The van der Waals surface area contributed by atoms with Crippen LogP contribution in [0.1, 0.15) is 34.2 Å². The van der Waals surface area contributed by atoms with Crippen LogP contribution in [0.3, 0.4) is 0 Å². The number of rotatable bonds is 6. The summed E-state index contributed by atoms with van der Waals surface area (Å²) >= 11 is 0. The maximum absolute atomic E-state index is 12.3. The fourth-order valence-electron chi connectivity index (χ4n) is 2.74. The molecule has 1 aliphatic heterocycles. The van der Waals surface area contributed by atoms with Crippen LogP contribution in [-0.2, 0) is 29.5 Å². The Morgan fingerprint density at radius 2 is 2.00 bits per heavy atom. The van der Waals surface area contributed by atoms with Gasteiger partial charge in [-0.05, 0) is 17.7 Å². The number of amides is 1. The first kappa shape index (κ1) is 20.4. The number of nitrogens with one attached hydrogen (secondary N) is 4. The van der Waals surface area contributed by atoms with Crippen molar-refractivity contribution in [1.29, 1.82) is 0 Å². The summed E-state index contributed by atoms with van der Waals surface area (Å²) in [6.45, 7) is 3.87. The first-order chi connectivity index (χ1) is 12.0. The first-order valence-electron chi connectivity index (χ1n) is 8.15. The van der Waals surface area contributed by atoms with E-state index in [0.29, 0.717) is 25.3 Å². The van der Waals surface area contributed by atoms with Crippen molar-refractivity contribution in [3.63, 3.8) is 0 Å². The van der Waals surface area contributed by atoms with Gasteiger partial charge in [-0.3, -0.25) is 9.89 Å². The van der Waals surface area contributed by atoms with Gasteiger partial charge in [-0.25, -0.2) is 13.1 Å². The highest BCUT2D eigenvalue weighted by molar-refractivity contribution is 7.89. The van der Waals surface area contributed by atoms with Gasteiger partial charge in [0, 0.05) is 43.9 Å². The molecule has 0 aliphatic carbocycles. The molecule has 0 bridgehead atoms. The molecule has 0 fully saturated rings. The Kier molecular flexibility index (Phi) is 6.76. The number of aromatic nitrogens is 2.